The third kappa shape index (κ3) is 2.94. The summed E-state index contributed by atoms with van der Waals surface area (Å²) in [5.74, 6) is -0.337. The van der Waals surface area contributed by atoms with Gasteiger partial charge >= 0.3 is 5.97 Å². The molecule has 2 N–H and O–H groups in total. The minimum Gasteiger partial charge on any atom is -0.496 e. The molecule has 1 rings (SSSR count). The van der Waals surface area contributed by atoms with E-state index in [1.54, 1.807) is 14.0 Å². The first-order valence-corrected chi connectivity index (χ1v) is 6.00. The molecule has 0 aliphatic heterocycles. The molecule has 1 aromatic rings. The second kappa shape index (κ2) is 5.76. The number of aliphatic carboxylic acids is 1. The summed E-state index contributed by atoms with van der Waals surface area (Å²) in [5, 5.41) is 12.1. The van der Waals surface area contributed by atoms with Gasteiger partial charge in [-0.3, -0.25) is 4.79 Å². The van der Waals surface area contributed by atoms with E-state index in [9.17, 15) is 4.79 Å². The van der Waals surface area contributed by atoms with Gasteiger partial charge in [-0.15, -0.1) is 0 Å². The number of methoxy groups -OCH3 is 1. The Morgan fingerprint density at radius 3 is 2.50 bits per heavy atom. The van der Waals surface area contributed by atoms with E-state index in [0.717, 1.165) is 28.1 Å². The van der Waals surface area contributed by atoms with Crippen molar-refractivity contribution in [3.63, 3.8) is 0 Å². The summed E-state index contributed by atoms with van der Waals surface area (Å²) in [6.45, 7) is 8.11. The molecule has 0 radical (unpaired) electrons. The summed E-state index contributed by atoms with van der Waals surface area (Å²) in [4.78, 5) is 10.8. The van der Waals surface area contributed by atoms with Gasteiger partial charge in [0.25, 0.3) is 0 Å². The highest BCUT2D eigenvalue weighted by Crippen LogP contribution is 2.31. The summed E-state index contributed by atoms with van der Waals surface area (Å²) in [6.07, 6.45) is 0. The number of carboxylic acid groups (broad SMARTS) is 1. The Labute approximate surface area is 108 Å². The summed E-state index contributed by atoms with van der Waals surface area (Å²) in [5.41, 5.74) is 4.24. The van der Waals surface area contributed by atoms with Gasteiger partial charge in [0, 0.05) is 12.2 Å². The van der Waals surface area contributed by atoms with Gasteiger partial charge in [-0.1, -0.05) is 6.92 Å². The van der Waals surface area contributed by atoms with Gasteiger partial charge in [-0.2, -0.15) is 0 Å². The second-order valence-electron chi connectivity index (χ2n) is 4.64. The van der Waals surface area contributed by atoms with Gasteiger partial charge in [0.1, 0.15) is 5.75 Å². The van der Waals surface area contributed by atoms with E-state index in [1.807, 2.05) is 26.8 Å². The average Bonchev–Trinajstić information content (AvgIpc) is 2.33. The van der Waals surface area contributed by atoms with Gasteiger partial charge in [0.05, 0.1) is 13.0 Å². The summed E-state index contributed by atoms with van der Waals surface area (Å²) >= 11 is 0. The standard InChI is InChI=1S/C14H21NO3/c1-8-6-12(18-5)10(3)11(4)13(8)15-7-9(2)14(16)17/h6,9,15H,7H2,1-5H3,(H,16,17). The van der Waals surface area contributed by atoms with E-state index in [2.05, 4.69) is 5.32 Å². The predicted molar refractivity (Wildman–Crippen MR) is 72.5 cm³/mol. The third-order valence-electron chi connectivity index (χ3n) is 3.28. The lowest BCUT2D eigenvalue weighted by Gasteiger charge is -2.18. The smallest absolute Gasteiger partial charge is 0.308 e. The number of ether oxygens (including phenoxy) is 1. The number of carbonyl (C=O) groups is 1. The Bertz CT molecular complexity index is 455. The summed E-state index contributed by atoms with van der Waals surface area (Å²) < 4.78 is 5.30. The molecule has 100 valence electrons. The zero-order chi connectivity index (χ0) is 13.9. The molecular weight excluding hydrogens is 230 g/mol. The van der Waals surface area contributed by atoms with E-state index in [4.69, 9.17) is 9.84 Å². The largest absolute Gasteiger partial charge is 0.496 e. The number of hydrogen-bond acceptors (Lipinski definition) is 3. The van der Waals surface area contributed by atoms with Crippen LogP contribution in [-0.4, -0.2) is 24.7 Å². The van der Waals surface area contributed by atoms with E-state index < -0.39 is 11.9 Å². The van der Waals surface area contributed by atoms with Crippen molar-refractivity contribution in [3.05, 3.63) is 22.8 Å². The van der Waals surface area contributed by atoms with E-state index in [0.29, 0.717) is 6.54 Å². The molecule has 0 fully saturated rings. The molecule has 0 aliphatic rings. The molecule has 0 saturated heterocycles. The summed E-state index contributed by atoms with van der Waals surface area (Å²) in [7, 11) is 1.65. The average molecular weight is 251 g/mol. The minimum absolute atomic E-state index is 0.411. The first kappa shape index (κ1) is 14.4. The normalized spacial score (nSPS) is 12.1. The van der Waals surface area contributed by atoms with Crippen LogP contribution in [0.15, 0.2) is 6.07 Å². The van der Waals surface area contributed by atoms with Gasteiger partial charge in [-0.05, 0) is 43.5 Å². The quantitative estimate of drug-likeness (QED) is 0.844. The minimum atomic E-state index is -0.789. The number of anilines is 1. The first-order valence-electron chi connectivity index (χ1n) is 6.00. The molecule has 1 atom stereocenters. The molecule has 0 aliphatic carbocycles. The Kier molecular flexibility index (Phi) is 4.59. The SMILES string of the molecule is COc1cc(C)c(NCC(C)C(=O)O)c(C)c1C. The lowest BCUT2D eigenvalue weighted by atomic mass is 10.0. The molecule has 4 heteroatoms. The number of carboxylic acids is 1. The zero-order valence-electron chi connectivity index (χ0n) is 11.6. The molecule has 18 heavy (non-hydrogen) atoms. The van der Waals surface area contributed by atoms with Crippen LogP contribution in [0.5, 0.6) is 5.75 Å². The topological polar surface area (TPSA) is 58.6 Å². The Morgan fingerprint density at radius 2 is 2.00 bits per heavy atom. The molecule has 0 amide bonds. The lowest BCUT2D eigenvalue weighted by Crippen LogP contribution is -2.20. The van der Waals surface area contributed by atoms with E-state index in [-0.39, 0.29) is 0 Å². The fourth-order valence-corrected chi connectivity index (χ4v) is 1.87. The van der Waals surface area contributed by atoms with Crippen molar-refractivity contribution in [3.8, 4) is 5.75 Å². The van der Waals surface area contributed by atoms with Crippen molar-refractivity contribution in [2.45, 2.75) is 27.7 Å². The Morgan fingerprint density at radius 1 is 1.39 bits per heavy atom. The highest BCUT2D eigenvalue weighted by Gasteiger charge is 2.14. The molecule has 0 bridgehead atoms. The third-order valence-corrected chi connectivity index (χ3v) is 3.28. The van der Waals surface area contributed by atoms with Crippen molar-refractivity contribution in [2.75, 3.05) is 19.0 Å². The van der Waals surface area contributed by atoms with Crippen molar-refractivity contribution in [1.29, 1.82) is 0 Å². The molecular formula is C14H21NO3. The molecule has 0 saturated carbocycles. The highest BCUT2D eigenvalue weighted by molar-refractivity contribution is 5.71. The first-order chi connectivity index (χ1) is 8.38. The summed E-state index contributed by atoms with van der Waals surface area (Å²) in [6, 6.07) is 1.97. The fraction of sp³-hybridized carbons (Fsp3) is 0.500. The maximum absolute atomic E-state index is 10.8. The molecule has 4 nitrogen and oxygen atoms in total. The van der Waals surface area contributed by atoms with Crippen molar-refractivity contribution in [2.24, 2.45) is 5.92 Å². The molecule has 0 aromatic heterocycles. The van der Waals surface area contributed by atoms with Gasteiger partial charge in [0.2, 0.25) is 0 Å². The van der Waals surface area contributed by atoms with Crippen LogP contribution in [0.3, 0.4) is 0 Å². The predicted octanol–water partition coefficient (Wildman–Crippen LogP) is 2.75. The highest BCUT2D eigenvalue weighted by atomic mass is 16.5. The van der Waals surface area contributed by atoms with Crippen molar-refractivity contribution >= 4 is 11.7 Å². The Hall–Kier alpha value is -1.71. The maximum atomic E-state index is 10.8. The van der Waals surface area contributed by atoms with Crippen LogP contribution in [0.4, 0.5) is 5.69 Å². The van der Waals surface area contributed by atoms with Crippen LogP contribution in [0, 0.1) is 26.7 Å². The van der Waals surface area contributed by atoms with Crippen molar-refractivity contribution < 1.29 is 14.6 Å². The van der Waals surface area contributed by atoms with Gasteiger partial charge in [-0.25, -0.2) is 0 Å². The Balaban J connectivity index is 2.96. The second-order valence-corrected chi connectivity index (χ2v) is 4.64. The van der Waals surface area contributed by atoms with Gasteiger partial charge in [0.15, 0.2) is 0 Å². The van der Waals surface area contributed by atoms with E-state index >= 15 is 0 Å². The van der Waals surface area contributed by atoms with Crippen LogP contribution in [0.1, 0.15) is 23.6 Å². The van der Waals surface area contributed by atoms with Crippen molar-refractivity contribution in [1.82, 2.24) is 0 Å². The zero-order valence-corrected chi connectivity index (χ0v) is 11.6. The van der Waals surface area contributed by atoms with Gasteiger partial charge < -0.3 is 15.2 Å². The molecule has 1 aromatic carbocycles. The maximum Gasteiger partial charge on any atom is 0.308 e. The number of rotatable bonds is 5. The molecule has 0 heterocycles. The van der Waals surface area contributed by atoms with Crippen LogP contribution in [0.2, 0.25) is 0 Å². The number of benzene rings is 1. The number of aryl methyl sites for hydroxylation is 1. The van der Waals surface area contributed by atoms with Crippen LogP contribution >= 0.6 is 0 Å². The number of hydrogen-bond donors (Lipinski definition) is 2. The van der Waals surface area contributed by atoms with Crippen LogP contribution in [-0.2, 0) is 4.79 Å². The van der Waals surface area contributed by atoms with Crippen LogP contribution < -0.4 is 10.1 Å². The van der Waals surface area contributed by atoms with E-state index in [1.165, 1.54) is 0 Å². The monoisotopic (exact) mass is 251 g/mol. The molecule has 1 unspecified atom stereocenters. The fourth-order valence-electron chi connectivity index (χ4n) is 1.87. The number of nitrogens with one attached hydrogen (secondary N) is 1. The lowest BCUT2D eigenvalue weighted by molar-refractivity contribution is -0.140. The molecule has 0 spiro atoms. The van der Waals surface area contributed by atoms with Crippen LogP contribution in [0.25, 0.3) is 0 Å².